The van der Waals surface area contributed by atoms with Crippen molar-refractivity contribution in [3.63, 3.8) is 0 Å². The third kappa shape index (κ3) is 3.91. The number of carbonyl (C=O) groups excluding carboxylic acids is 1. The van der Waals surface area contributed by atoms with E-state index in [0.717, 1.165) is 31.4 Å². The van der Waals surface area contributed by atoms with Crippen LogP contribution in [-0.2, 0) is 11.2 Å². The SMILES string of the molecule is O=C(CCc1cc(Cl)no1)N1CCCCC1c1ccc(F)cc1. The number of benzene rings is 1. The highest BCUT2D eigenvalue weighted by atomic mass is 35.5. The molecular formula is C17H18ClFN2O2. The second-order valence-corrected chi connectivity index (χ2v) is 6.15. The molecule has 0 saturated carbocycles. The van der Waals surface area contributed by atoms with E-state index in [4.69, 9.17) is 16.1 Å². The smallest absolute Gasteiger partial charge is 0.223 e. The van der Waals surface area contributed by atoms with Crippen molar-refractivity contribution >= 4 is 17.5 Å². The van der Waals surface area contributed by atoms with E-state index in [1.165, 1.54) is 12.1 Å². The Morgan fingerprint density at radius 3 is 2.83 bits per heavy atom. The first-order valence-corrected chi connectivity index (χ1v) is 8.17. The summed E-state index contributed by atoms with van der Waals surface area (Å²) in [6.07, 6.45) is 3.81. The van der Waals surface area contributed by atoms with Crippen LogP contribution in [0.4, 0.5) is 4.39 Å². The van der Waals surface area contributed by atoms with Crippen molar-refractivity contribution in [3.05, 3.63) is 52.6 Å². The van der Waals surface area contributed by atoms with Gasteiger partial charge in [0.2, 0.25) is 5.91 Å². The van der Waals surface area contributed by atoms with Gasteiger partial charge in [0.25, 0.3) is 0 Å². The predicted octanol–water partition coefficient (Wildman–Crippen LogP) is 4.15. The Hall–Kier alpha value is -1.88. The fourth-order valence-electron chi connectivity index (χ4n) is 3.04. The van der Waals surface area contributed by atoms with Crippen molar-refractivity contribution in [1.29, 1.82) is 0 Å². The number of likely N-dealkylation sites (tertiary alicyclic amines) is 1. The summed E-state index contributed by atoms with van der Waals surface area (Å²) in [6.45, 7) is 0.734. The number of aryl methyl sites for hydroxylation is 1. The maximum absolute atomic E-state index is 13.1. The van der Waals surface area contributed by atoms with Crippen LogP contribution in [0.1, 0.15) is 43.0 Å². The van der Waals surface area contributed by atoms with Crippen LogP contribution >= 0.6 is 11.6 Å². The number of hydrogen-bond acceptors (Lipinski definition) is 3. The van der Waals surface area contributed by atoms with Gasteiger partial charge in [0.15, 0.2) is 5.15 Å². The van der Waals surface area contributed by atoms with Gasteiger partial charge >= 0.3 is 0 Å². The van der Waals surface area contributed by atoms with Gasteiger partial charge in [0, 0.05) is 25.5 Å². The molecule has 1 aliphatic heterocycles. The summed E-state index contributed by atoms with van der Waals surface area (Å²) in [5.41, 5.74) is 0.988. The molecule has 1 atom stereocenters. The molecule has 0 bridgehead atoms. The number of carbonyl (C=O) groups is 1. The number of aromatic nitrogens is 1. The largest absolute Gasteiger partial charge is 0.360 e. The van der Waals surface area contributed by atoms with E-state index in [2.05, 4.69) is 5.16 Å². The van der Waals surface area contributed by atoms with Gasteiger partial charge in [-0.2, -0.15) is 0 Å². The first-order valence-electron chi connectivity index (χ1n) is 7.79. The standard InChI is InChI=1S/C17H18ClFN2O2/c18-16-11-14(23-20-16)8-9-17(22)21-10-2-1-3-15(21)12-4-6-13(19)7-5-12/h4-7,11,15H,1-3,8-10H2. The quantitative estimate of drug-likeness (QED) is 0.842. The lowest BCUT2D eigenvalue weighted by atomic mass is 9.94. The molecule has 1 aliphatic rings. The molecule has 3 rings (SSSR count). The molecule has 4 nitrogen and oxygen atoms in total. The maximum Gasteiger partial charge on any atom is 0.223 e. The van der Waals surface area contributed by atoms with Crippen molar-refractivity contribution in [2.24, 2.45) is 0 Å². The summed E-state index contributed by atoms with van der Waals surface area (Å²) >= 11 is 5.71. The molecule has 0 spiro atoms. The van der Waals surface area contributed by atoms with Gasteiger partial charge in [-0.3, -0.25) is 4.79 Å². The highest BCUT2D eigenvalue weighted by Crippen LogP contribution is 2.31. The van der Waals surface area contributed by atoms with Crippen LogP contribution in [0.5, 0.6) is 0 Å². The van der Waals surface area contributed by atoms with Gasteiger partial charge in [0.05, 0.1) is 6.04 Å². The molecule has 2 heterocycles. The Kier molecular flexibility index (Phi) is 4.96. The predicted molar refractivity (Wildman–Crippen MR) is 84.5 cm³/mol. The van der Waals surface area contributed by atoms with Crippen molar-refractivity contribution in [2.45, 2.75) is 38.1 Å². The zero-order chi connectivity index (χ0) is 16.2. The Morgan fingerprint density at radius 2 is 2.13 bits per heavy atom. The number of amides is 1. The minimum absolute atomic E-state index is 0.0233. The fraction of sp³-hybridized carbons (Fsp3) is 0.412. The monoisotopic (exact) mass is 336 g/mol. The molecule has 122 valence electrons. The van der Waals surface area contributed by atoms with E-state index in [9.17, 15) is 9.18 Å². The van der Waals surface area contributed by atoms with Gasteiger partial charge in [-0.25, -0.2) is 4.39 Å². The lowest BCUT2D eigenvalue weighted by molar-refractivity contribution is -0.135. The average molecular weight is 337 g/mol. The lowest BCUT2D eigenvalue weighted by Crippen LogP contribution is -2.38. The summed E-state index contributed by atoms with van der Waals surface area (Å²) in [5, 5.41) is 3.91. The van der Waals surface area contributed by atoms with Crippen LogP contribution in [0.3, 0.4) is 0 Å². The first-order chi connectivity index (χ1) is 11.1. The van der Waals surface area contributed by atoms with Crippen LogP contribution in [0.2, 0.25) is 5.15 Å². The van der Waals surface area contributed by atoms with Crippen LogP contribution in [0.25, 0.3) is 0 Å². The molecular weight excluding hydrogens is 319 g/mol. The van der Waals surface area contributed by atoms with E-state index >= 15 is 0 Å². The summed E-state index contributed by atoms with van der Waals surface area (Å²) in [7, 11) is 0. The molecule has 6 heteroatoms. The third-order valence-corrected chi connectivity index (χ3v) is 4.37. The molecule has 23 heavy (non-hydrogen) atoms. The maximum atomic E-state index is 13.1. The molecule has 0 N–H and O–H groups in total. The molecule has 1 saturated heterocycles. The number of hydrogen-bond donors (Lipinski definition) is 0. The van der Waals surface area contributed by atoms with Gasteiger partial charge in [-0.1, -0.05) is 28.9 Å². The van der Waals surface area contributed by atoms with Crippen LogP contribution < -0.4 is 0 Å². The van der Waals surface area contributed by atoms with Crippen molar-refractivity contribution < 1.29 is 13.7 Å². The molecule has 0 radical (unpaired) electrons. The molecule has 1 aromatic carbocycles. The second kappa shape index (κ2) is 7.13. The first kappa shape index (κ1) is 16.0. The van der Waals surface area contributed by atoms with Gasteiger partial charge in [-0.05, 0) is 37.0 Å². The highest BCUT2D eigenvalue weighted by Gasteiger charge is 2.27. The molecule has 1 aromatic heterocycles. The highest BCUT2D eigenvalue weighted by molar-refractivity contribution is 6.29. The molecule has 1 unspecified atom stereocenters. The Bertz CT molecular complexity index is 671. The number of rotatable bonds is 4. The zero-order valence-electron chi connectivity index (χ0n) is 12.7. The van der Waals surface area contributed by atoms with Crippen LogP contribution in [-0.4, -0.2) is 22.5 Å². The Balaban J connectivity index is 1.67. The zero-order valence-corrected chi connectivity index (χ0v) is 13.4. The van der Waals surface area contributed by atoms with Crippen molar-refractivity contribution in [2.75, 3.05) is 6.54 Å². The van der Waals surface area contributed by atoms with Gasteiger partial charge in [-0.15, -0.1) is 0 Å². The van der Waals surface area contributed by atoms with Crippen molar-refractivity contribution in [1.82, 2.24) is 10.1 Å². The molecule has 0 aliphatic carbocycles. The summed E-state index contributed by atoms with van der Waals surface area (Å²) in [5.74, 6) is 0.426. The van der Waals surface area contributed by atoms with E-state index < -0.39 is 0 Å². The normalized spacial score (nSPS) is 18.2. The van der Waals surface area contributed by atoms with E-state index in [0.29, 0.717) is 23.8 Å². The molecule has 1 amide bonds. The summed E-state index contributed by atoms with van der Waals surface area (Å²) in [4.78, 5) is 14.5. The second-order valence-electron chi connectivity index (χ2n) is 5.77. The third-order valence-electron chi connectivity index (χ3n) is 4.19. The summed E-state index contributed by atoms with van der Waals surface area (Å²) < 4.78 is 18.1. The summed E-state index contributed by atoms with van der Waals surface area (Å²) in [6, 6.07) is 8.08. The number of halogens is 2. The minimum atomic E-state index is -0.260. The minimum Gasteiger partial charge on any atom is -0.360 e. The van der Waals surface area contributed by atoms with Gasteiger partial charge in [0.1, 0.15) is 11.6 Å². The Labute approximate surface area is 139 Å². The number of piperidine rings is 1. The fourth-order valence-corrected chi connectivity index (χ4v) is 3.20. The van der Waals surface area contributed by atoms with Gasteiger partial charge < -0.3 is 9.42 Å². The molecule has 1 fully saturated rings. The van der Waals surface area contributed by atoms with Crippen molar-refractivity contribution in [3.8, 4) is 0 Å². The topological polar surface area (TPSA) is 46.3 Å². The lowest BCUT2D eigenvalue weighted by Gasteiger charge is -2.36. The van der Waals surface area contributed by atoms with Crippen LogP contribution in [0.15, 0.2) is 34.9 Å². The Morgan fingerprint density at radius 1 is 1.35 bits per heavy atom. The van der Waals surface area contributed by atoms with E-state index in [-0.39, 0.29) is 17.8 Å². The van der Waals surface area contributed by atoms with Crippen LogP contribution in [0, 0.1) is 5.82 Å². The number of nitrogens with zero attached hydrogens (tertiary/aromatic N) is 2. The van der Waals surface area contributed by atoms with E-state index in [1.807, 2.05) is 4.90 Å². The molecule has 2 aromatic rings. The average Bonchev–Trinajstić information content (AvgIpc) is 2.99. The van der Waals surface area contributed by atoms with E-state index in [1.54, 1.807) is 18.2 Å².